The van der Waals surface area contributed by atoms with E-state index in [-0.39, 0.29) is 12.5 Å². The predicted molar refractivity (Wildman–Crippen MR) is 34.4 cm³/mol. The topological polar surface area (TPSA) is 23.6 Å². The normalized spacial score (nSPS) is 19.1. The molecule has 3 nitrogen and oxygen atoms in total. The van der Waals surface area contributed by atoms with E-state index in [0.717, 1.165) is 11.4 Å². The zero-order chi connectivity index (χ0) is 7.56. The van der Waals surface area contributed by atoms with Gasteiger partial charge in [0.1, 0.15) is 0 Å². The summed E-state index contributed by atoms with van der Waals surface area (Å²) in [4.78, 5) is 10.8. The van der Waals surface area contributed by atoms with E-state index >= 15 is 0 Å². The van der Waals surface area contributed by atoms with Crippen LogP contribution in [0.2, 0.25) is 0 Å². The van der Waals surface area contributed by atoms with Crippen LogP contribution in [0.25, 0.3) is 0 Å². The average molecular weight is 146 g/mol. The zero-order valence-corrected chi connectivity index (χ0v) is 6.01. The fourth-order valence-electron chi connectivity index (χ4n) is 1.03. The van der Waals surface area contributed by atoms with Crippen LogP contribution in [-0.2, 0) is 4.79 Å². The number of hydrogen-bond donors (Lipinski definition) is 0. The van der Waals surface area contributed by atoms with Gasteiger partial charge in [0.25, 0.3) is 0 Å². The van der Waals surface area contributed by atoms with E-state index in [1.807, 2.05) is 0 Å². The molecule has 0 aromatic carbocycles. The van der Waals surface area contributed by atoms with Gasteiger partial charge >= 0.3 is 0 Å². The van der Waals surface area contributed by atoms with Crippen LogP contribution in [0.5, 0.6) is 0 Å². The van der Waals surface area contributed by atoms with Crippen molar-refractivity contribution in [1.82, 2.24) is 10.2 Å². The number of hydrogen-bond acceptors (Lipinski definition) is 2. The first-order chi connectivity index (χ1) is 4.75. The molecule has 10 heavy (non-hydrogen) atoms. The molecular formula is C6H11FN2O. The van der Waals surface area contributed by atoms with E-state index in [0.29, 0.717) is 18.2 Å². The molecule has 0 atom stereocenters. The van der Waals surface area contributed by atoms with E-state index < -0.39 is 0 Å². The number of hydrazine groups is 1. The highest BCUT2D eigenvalue weighted by molar-refractivity contribution is 5.77. The summed E-state index contributed by atoms with van der Waals surface area (Å²) in [6, 6.07) is 0. The third-order valence-electron chi connectivity index (χ3n) is 1.57. The summed E-state index contributed by atoms with van der Waals surface area (Å²) in [5.41, 5.74) is 0. The lowest BCUT2D eigenvalue weighted by Gasteiger charge is -2.20. The summed E-state index contributed by atoms with van der Waals surface area (Å²) in [7, 11) is 0. The third kappa shape index (κ3) is 1.26. The van der Waals surface area contributed by atoms with Gasteiger partial charge in [0.15, 0.2) is 0 Å². The summed E-state index contributed by atoms with van der Waals surface area (Å²) in [6.07, 6.45) is 1.26. The molecule has 0 radical (unpaired) electrons. The van der Waals surface area contributed by atoms with E-state index in [2.05, 4.69) is 0 Å². The first-order valence-corrected chi connectivity index (χ1v) is 3.49. The van der Waals surface area contributed by atoms with Gasteiger partial charge < -0.3 is 0 Å². The van der Waals surface area contributed by atoms with Gasteiger partial charge in [0, 0.05) is 19.5 Å². The fourth-order valence-corrected chi connectivity index (χ4v) is 1.03. The maximum atomic E-state index is 12.6. The molecule has 1 saturated heterocycles. The number of rotatable bonds is 2. The van der Waals surface area contributed by atoms with Crippen LogP contribution in [0.4, 0.5) is 4.48 Å². The minimum atomic E-state index is -0.107. The number of carbonyl (C=O) groups is 1. The molecule has 0 aromatic heterocycles. The third-order valence-corrected chi connectivity index (χ3v) is 1.57. The maximum Gasteiger partial charge on any atom is 0.238 e. The SMILES string of the molecule is CCN(F)N1CCCC1=O. The van der Waals surface area contributed by atoms with Crippen LogP contribution in [0, 0.1) is 0 Å². The molecule has 0 bridgehead atoms. The van der Waals surface area contributed by atoms with Crippen LogP contribution in [0.15, 0.2) is 0 Å². The lowest BCUT2D eigenvalue weighted by molar-refractivity contribution is -0.179. The molecule has 0 spiro atoms. The van der Waals surface area contributed by atoms with Crippen molar-refractivity contribution in [2.45, 2.75) is 19.8 Å². The lowest BCUT2D eigenvalue weighted by atomic mass is 10.4. The Balaban J connectivity index is 2.46. The summed E-state index contributed by atoms with van der Waals surface area (Å²) in [5, 5.41) is 1.62. The molecule has 1 aliphatic heterocycles. The smallest absolute Gasteiger partial charge is 0.238 e. The first kappa shape index (κ1) is 7.47. The Kier molecular flexibility index (Phi) is 2.21. The molecule has 1 fully saturated rings. The van der Waals surface area contributed by atoms with Crippen molar-refractivity contribution in [3.63, 3.8) is 0 Å². The van der Waals surface area contributed by atoms with Crippen LogP contribution >= 0.6 is 0 Å². The second-order valence-electron chi connectivity index (χ2n) is 2.27. The van der Waals surface area contributed by atoms with Gasteiger partial charge in [-0.1, -0.05) is 5.23 Å². The number of carbonyl (C=O) groups excluding carboxylic acids is 1. The van der Waals surface area contributed by atoms with Crippen LogP contribution in [0.3, 0.4) is 0 Å². The Morgan fingerprint density at radius 1 is 1.80 bits per heavy atom. The van der Waals surface area contributed by atoms with Crippen molar-refractivity contribution >= 4 is 5.91 Å². The van der Waals surface area contributed by atoms with Gasteiger partial charge in [-0.05, 0) is 13.3 Å². The van der Waals surface area contributed by atoms with E-state index in [4.69, 9.17) is 0 Å². The summed E-state index contributed by atoms with van der Waals surface area (Å²) < 4.78 is 12.6. The molecule has 0 N–H and O–H groups in total. The predicted octanol–water partition coefficient (Wildman–Crippen LogP) is 0.730. The second-order valence-corrected chi connectivity index (χ2v) is 2.27. The number of halogens is 1. The lowest BCUT2D eigenvalue weighted by Crippen LogP contribution is -2.37. The fraction of sp³-hybridized carbons (Fsp3) is 0.833. The van der Waals surface area contributed by atoms with Crippen molar-refractivity contribution in [2.75, 3.05) is 13.1 Å². The second kappa shape index (κ2) is 2.96. The minimum absolute atomic E-state index is 0.107. The van der Waals surface area contributed by atoms with E-state index in [1.165, 1.54) is 0 Å². The Hall–Kier alpha value is -0.640. The quantitative estimate of drug-likeness (QED) is 0.536. The summed E-state index contributed by atoms with van der Waals surface area (Å²) in [5.74, 6) is -0.107. The van der Waals surface area contributed by atoms with Crippen molar-refractivity contribution in [2.24, 2.45) is 0 Å². The molecule has 1 amide bonds. The molecular weight excluding hydrogens is 135 g/mol. The highest BCUT2D eigenvalue weighted by Crippen LogP contribution is 2.12. The Bertz CT molecular complexity index is 140. The van der Waals surface area contributed by atoms with Crippen molar-refractivity contribution in [3.8, 4) is 0 Å². The van der Waals surface area contributed by atoms with Crippen molar-refractivity contribution in [3.05, 3.63) is 0 Å². The minimum Gasteiger partial charge on any atom is -0.273 e. The van der Waals surface area contributed by atoms with E-state index in [1.54, 1.807) is 6.92 Å². The van der Waals surface area contributed by atoms with E-state index in [9.17, 15) is 9.28 Å². The van der Waals surface area contributed by atoms with Crippen LogP contribution < -0.4 is 0 Å². The zero-order valence-electron chi connectivity index (χ0n) is 6.01. The van der Waals surface area contributed by atoms with Gasteiger partial charge in [-0.15, -0.1) is 4.48 Å². The number of nitrogens with zero attached hydrogens (tertiary/aromatic N) is 2. The van der Waals surface area contributed by atoms with Gasteiger partial charge in [-0.3, -0.25) is 4.79 Å². The molecule has 1 aliphatic rings. The molecule has 0 aromatic rings. The highest BCUT2D eigenvalue weighted by Gasteiger charge is 2.24. The summed E-state index contributed by atoms with van der Waals surface area (Å²) >= 11 is 0. The molecule has 0 unspecified atom stereocenters. The van der Waals surface area contributed by atoms with Gasteiger partial charge in [0.05, 0.1) is 0 Å². The standard InChI is InChI=1S/C6H11FN2O/c1-2-9(7)8-5-3-4-6(8)10/h2-5H2,1H3. The largest absolute Gasteiger partial charge is 0.273 e. The van der Waals surface area contributed by atoms with Crippen LogP contribution in [-0.4, -0.2) is 29.2 Å². The Morgan fingerprint density at radius 3 is 2.90 bits per heavy atom. The first-order valence-electron chi connectivity index (χ1n) is 3.49. The molecule has 58 valence electrons. The molecule has 0 aliphatic carbocycles. The molecule has 0 saturated carbocycles. The maximum absolute atomic E-state index is 12.6. The number of amides is 1. The highest BCUT2D eigenvalue weighted by atomic mass is 19.2. The molecule has 1 heterocycles. The van der Waals surface area contributed by atoms with Crippen molar-refractivity contribution < 1.29 is 9.28 Å². The molecule has 1 rings (SSSR count). The monoisotopic (exact) mass is 146 g/mol. The summed E-state index contributed by atoms with van der Waals surface area (Å²) in [6.45, 7) is 2.44. The van der Waals surface area contributed by atoms with Gasteiger partial charge in [-0.25, -0.2) is 5.01 Å². The molecule has 4 heteroatoms. The Morgan fingerprint density at radius 2 is 2.50 bits per heavy atom. The van der Waals surface area contributed by atoms with Gasteiger partial charge in [-0.2, -0.15) is 0 Å². The van der Waals surface area contributed by atoms with Crippen LogP contribution in [0.1, 0.15) is 19.8 Å². The van der Waals surface area contributed by atoms with Gasteiger partial charge in [0.2, 0.25) is 5.91 Å². The average Bonchev–Trinajstić information content (AvgIpc) is 2.34. The van der Waals surface area contributed by atoms with Crippen molar-refractivity contribution in [1.29, 1.82) is 0 Å². The Labute approximate surface area is 59.3 Å².